The normalized spacial score (nSPS) is 12.8. The predicted molar refractivity (Wildman–Crippen MR) is 76.3 cm³/mol. The third kappa shape index (κ3) is 3.40. The molecule has 2 N–H and O–H groups in total. The first-order valence-corrected chi connectivity index (χ1v) is 6.75. The Morgan fingerprint density at radius 2 is 2.30 bits per heavy atom. The van der Waals surface area contributed by atoms with Crippen molar-refractivity contribution in [2.24, 2.45) is 4.99 Å². The van der Waals surface area contributed by atoms with Crippen LogP contribution in [0.25, 0.3) is 0 Å². The van der Waals surface area contributed by atoms with E-state index < -0.39 is 6.09 Å². The van der Waals surface area contributed by atoms with Crippen molar-refractivity contribution in [2.45, 2.75) is 26.7 Å². The average molecular weight is 277 g/mol. The van der Waals surface area contributed by atoms with Gasteiger partial charge < -0.3 is 9.47 Å². The summed E-state index contributed by atoms with van der Waals surface area (Å²) in [5, 5.41) is 0. The minimum atomic E-state index is -0.541. The molecule has 0 radical (unpaired) electrons. The van der Waals surface area contributed by atoms with Gasteiger partial charge >= 0.3 is 6.09 Å². The lowest BCUT2D eigenvalue weighted by molar-refractivity contribution is 0.149. The van der Waals surface area contributed by atoms with Crippen LogP contribution in [-0.2, 0) is 11.2 Å². The van der Waals surface area contributed by atoms with Crippen molar-refractivity contribution >= 4 is 17.6 Å². The molecule has 1 aromatic rings. The molecule has 0 aromatic heterocycles. The molecule has 0 bridgehead atoms. The number of carbonyl (C=O) groups is 1. The van der Waals surface area contributed by atoms with Gasteiger partial charge in [0.15, 0.2) is 5.84 Å². The van der Waals surface area contributed by atoms with E-state index in [4.69, 9.17) is 9.47 Å². The highest BCUT2D eigenvalue weighted by molar-refractivity contribution is 5.90. The fourth-order valence-electron chi connectivity index (χ4n) is 1.96. The lowest BCUT2D eigenvalue weighted by Gasteiger charge is -2.20. The van der Waals surface area contributed by atoms with Crippen LogP contribution in [0.5, 0.6) is 5.75 Å². The van der Waals surface area contributed by atoms with Crippen LogP contribution < -0.4 is 15.6 Å². The van der Waals surface area contributed by atoms with Crippen LogP contribution in [0, 0.1) is 0 Å². The summed E-state index contributed by atoms with van der Waals surface area (Å²) < 4.78 is 10.5. The van der Waals surface area contributed by atoms with Crippen molar-refractivity contribution in [3.8, 4) is 5.75 Å². The minimum absolute atomic E-state index is 0.292. The molecule has 0 spiro atoms. The summed E-state index contributed by atoms with van der Waals surface area (Å²) in [6, 6.07) is 5.89. The van der Waals surface area contributed by atoms with Gasteiger partial charge in [0.2, 0.25) is 0 Å². The number of para-hydroxylation sites is 1. The van der Waals surface area contributed by atoms with E-state index >= 15 is 0 Å². The molecule has 6 heteroatoms. The highest BCUT2D eigenvalue weighted by atomic mass is 16.6. The number of hydrogen-bond acceptors (Lipinski definition) is 5. The summed E-state index contributed by atoms with van der Waals surface area (Å²) in [5.41, 5.74) is 7.03. The molecule has 1 aliphatic rings. The smallest absolute Gasteiger partial charge is 0.425 e. The number of carbonyl (C=O) groups excluding carboxylic acids is 1. The van der Waals surface area contributed by atoms with E-state index in [1.165, 1.54) is 0 Å². The summed E-state index contributed by atoms with van der Waals surface area (Å²) >= 11 is 0. The summed E-state index contributed by atoms with van der Waals surface area (Å²) in [4.78, 5) is 15.6. The third-order valence-corrected chi connectivity index (χ3v) is 2.79. The van der Waals surface area contributed by atoms with E-state index in [2.05, 4.69) is 22.8 Å². The van der Waals surface area contributed by atoms with Crippen molar-refractivity contribution in [3.05, 3.63) is 23.8 Å². The topological polar surface area (TPSA) is 72.0 Å². The molecule has 0 aliphatic carbocycles. The zero-order valence-corrected chi connectivity index (χ0v) is 11.7. The number of nitrogens with zero attached hydrogens (tertiary/aromatic N) is 1. The zero-order valence-electron chi connectivity index (χ0n) is 11.7. The number of ether oxygens (including phenoxy) is 2. The Bertz CT molecular complexity index is 514. The second-order valence-electron chi connectivity index (χ2n) is 4.33. The molecule has 1 aliphatic heterocycles. The molecule has 2 rings (SSSR count). The fraction of sp³-hybridized carbons (Fsp3) is 0.429. The first kappa shape index (κ1) is 14.2. The number of nitrogens with one attached hydrogen (secondary N) is 2. The largest absolute Gasteiger partial charge is 0.483 e. The Balaban J connectivity index is 2.05. The first-order chi connectivity index (χ1) is 9.74. The quantitative estimate of drug-likeness (QED) is 0.832. The van der Waals surface area contributed by atoms with Crippen molar-refractivity contribution in [3.63, 3.8) is 0 Å². The van der Waals surface area contributed by atoms with Crippen LogP contribution in [0.3, 0.4) is 0 Å². The van der Waals surface area contributed by atoms with Crippen LogP contribution in [0.4, 0.5) is 10.5 Å². The Labute approximate surface area is 118 Å². The number of rotatable bonds is 3. The van der Waals surface area contributed by atoms with Crippen molar-refractivity contribution in [1.29, 1.82) is 0 Å². The standard InChI is InChI=1S/C14H19N3O3/c1-3-6-10-7-5-8-11-13(10)20-9-12(15-11)16-17-14(18)19-4-2/h5,7-8H,3-4,6,9H2,1-2H3,(H,15,16)(H,17,18). The van der Waals surface area contributed by atoms with Crippen molar-refractivity contribution in [1.82, 2.24) is 10.9 Å². The van der Waals surface area contributed by atoms with E-state index in [-0.39, 0.29) is 0 Å². The Morgan fingerprint density at radius 3 is 3.05 bits per heavy atom. The zero-order chi connectivity index (χ0) is 14.4. The molecular weight excluding hydrogens is 258 g/mol. The van der Waals surface area contributed by atoms with Crippen LogP contribution in [0.1, 0.15) is 25.8 Å². The van der Waals surface area contributed by atoms with Gasteiger partial charge in [-0.2, -0.15) is 0 Å². The second-order valence-corrected chi connectivity index (χ2v) is 4.33. The molecule has 108 valence electrons. The molecule has 6 nitrogen and oxygen atoms in total. The Morgan fingerprint density at radius 1 is 1.45 bits per heavy atom. The van der Waals surface area contributed by atoms with Crippen molar-refractivity contribution in [2.75, 3.05) is 13.2 Å². The SMILES string of the molecule is CCCc1cccc2c1OCC(NNC(=O)OCC)=N2. The molecule has 1 heterocycles. The molecule has 0 unspecified atom stereocenters. The maximum atomic E-state index is 11.2. The molecule has 1 aromatic carbocycles. The van der Waals surface area contributed by atoms with Crippen LogP contribution in [0.2, 0.25) is 0 Å². The van der Waals surface area contributed by atoms with Crippen LogP contribution >= 0.6 is 0 Å². The monoisotopic (exact) mass is 277 g/mol. The number of amidine groups is 1. The van der Waals surface area contributed by atoms with E-state index in [1.54, 1.807) is 6.92 Å². The lowest BCUT2D eigenvalue weighted by Crippen LogP contribution is -2.44. The highest BCUT2D eigenvalue weighted by Gasteiger charge is 2.16. The Kier molecular flexibility index (Phi) is 4.81. The van der Waals surface area contributed by atoms with Gasteiger partial charge in [0.25, 0.3) is 0 Å². The van der Waals surface area contributed by atoms with Gasteiger partial charge in [-0.15, -0.1) is 0 Å². The maximum Gasteiger partial charge on any atom is 0.425 e. The molecule has 0 saturated carbocycles. The van der Waals surface area contributed by atoms with Crippen LogP contribution in [-0.4, -0.2) is 25.1 Å². The fourth-order valence-corrected chi connectivity index (χ4v) is 1.96. The van der Waals surface area contributed by atoms with E-state index in [0.717, 1.165) is 29.8 Å². The summed E-state index contributed by atoms with van der Waals surface area (Å²) in [6.45, 7) is 4.48. The lowest BCUT2D eigenvalue weighted by atomic mass is 10.1. The number of aliphatic imine (C=N–C) groups is 1. The highest BCUT2D eigenvalue weighted by Crippen LogP contribution is 2.34. The number of benzene rings is 1. The van der Waals surface area contributed by atoms with Gasteiger partial charge in [-0.3, -0.25) is 5.43 Å². The third-order valence-electron chi connectivity index (χ3n) is 2.79. The number of hydrogen-bond donors (Lipinski definition) is 2. The molecule has 20 heavy (non-hydrogen) atoms. The van der Waals surface area contributed by atoms with Crippen LogP contribution in [0.15, 0.2) is 23.2 Å². The number of hydrazine groups is 1. The van der Waals surface area contributed by atoms with Gasteiger partial charge in [0.1, 0.15) is 18.0 Å². The molecule has 0 atom stereocenters. The van der Waals surface area contributed by atoms with E-state index in [0.29, 0.717) is 19.0 Å². The number of aryl methyl sites for hydroxylation is 1. The average Bonchev–Trinajstić information content (AvgIpc) is 2.46. The number of amides is 1. The Hall–Kier alpha value is -2.24. The van der Waals surface area contributed by atoms with E-state index in [1.807, 2.05) is 18.2 Å². The van der Waals surface area contributed by atoms with Gasteiger partial charge in [-0.05, 0) is 25.0 Å². The molecule has 0 saturated heterocycles. The number of fused-ring (bicyclic) bond motifs is 1. The molecule has 1 amide bonds. The first-order valence-electron chi connectivity index (χ1n) is 6.75. The minimum Gasteiger partial charge on any atom is -0.483 e. The van der Waals surface area contributed by atoms with Gasteiger partial charge in [-0.25, -0.2) is 15.2 Å². The summed E-state index contributed by atoms with van der Waals surface area (Å²) in [7, 11) is 0. The van der Waals surface area contributed by atoms with Gasteiger partial charge in [-0.1, -0.05) is 25.5 Å². The molecule has 0 fully saturated rings. The predicted octanol–water partition coefficient (Wildman–Crippen LogP) is 2.31. The van der Waals surface area contributed by atoms with Gasteiger partial charge in [0.05, 0.1) is 6.61 Å². The summed E-state index contributed by atoms with van der Waals surface area (Å²) in [6.07, 6.45) is 1.47. The molecular formula is C14H19N3O3. The van der Waals surface area contributed by atoms with Crippen molar-refractivity contribution < 1.29 is 14.3 Å². The maximum absolute atomic E-state index is 11.2. The van der Waals surface area contributed by atoms with Gasteiger partial charge in [0, 0.05) is 0 Å². The summed E-state index contributed by atoms with van der Waals surface area (Å²) in [5.74, 6) is 1.37. The second kappa shape index (κ2) is 6.79. The van der Waals surface area contributed by atoms with E-state index in [9.17, 15) is 4.79 Å².